The van der Waals surface area contributed by atoms with Gasteiger partial charge in [0, 0.05) is 6.42 Å². The van der Waals surface area contributed by atoms with E-state index in [9.17, 15) is 5.11 Å². The Bertz CT molecular complexity index is 727. The second kappa shape index (κ2) is 7.66. The first-order chi connectivity index (χ1) is 11.8. The third-order valence-electron chi connectivity index (χ3n) is 3.64. The maximum Gasteiger partial charge on any atom is 0.231 e. The number of benzene rings is 2. The van der Waals surface area contributed by atoms with Crippen molar-refractivity contribution in [2.24, 2.45) is 5.16 Å². The van der Waals surface area contributed by atoms with Gasteiger partial charge in [0.15, 0.2) is 11.5 Å². The van der Waals surface area contributed by atoms with Crippen LogP contribution in [0, 0.1) is 0 Å². The van der Waals surface area contributed by atoms with Crippen molar-refractivity contribution in [3.63, 3.8) is 0 Å². The van der Waals surface area contributed by atoms with E-state index in [2.05, 4.69) is 11.7 Å². The van der Waals surface area contributed by atoms with Gasteiger partial charge in [-0.15, -0.1) is 0 Å². The van der Waals surface area contributed by atoms with E-state index >= 15 is 0 Å². The molecule has 0 fully saturated rings. The summed E-state index contributed by atoms with van der Waals surface area (Å²) in [6.07, 6.45) is 1.21. The first kappa shape index (κ1) is 16.1. The molecule has 1 unspecified atom stereocenters. The molecule has 1 N–H and O–H groups in total. The van der Waals surface area contributed by atoms with Crippen molar-refractivity contribution < 1.29 is 19.4 Å². The van der Waals surface area contributed by atoms with E-state index in [0.29, 0.717) is 30.2 Å². The van der Waals surface area contributed by atoms with Crippen molar-refractivity contribution in [1.29, 1.82) is 0 Å². The average molecular weight is 325 g/mol. The van der Waals surface area contributed by atoms with Crippen LogP contribution >= 0.6 is 0 Å². The maximum atomic E-state index is 10.6. The number of rotatable bonds is 7. The molecule has 0 aliphatic carbocycles. The van der Waals surface area contributed by atoms with Crippen LogP contribution in [-0.4, -0.2) is 24.2 Å². The molecule has 3 rings (SSSR count). The van der Waals surface area contributed by atoms with Crippen molar-refractivity contribution in [3.8, 4) is 11.5 Å². The molecule has 124 valence electrons. The standard InChI is InChI=1S/C19H19NO4/c1-2-10-24-20-16(14-6-4-3-5-7-14)12-17(21)15-8-9-18-19(11-15)23-13-22-18/h2-9,11,17,21H,1,10,12-13H2/b20-16-. The lowest BCUT2D eigenvalue weighted by atomic mass is 9.99. The van der Waals surface area contributed by atoms with Gasteiger partial charge in [0.1, 0.15) is 6.61 Å². The van der Waals surface area contributed by atoms with Crippen LogP contribution in [-0.2, 0) is 4.84 Å². The Kier molecular flexibility index (Phi) is 5.13. The molecule has 24 heavy (non-hydrogen) atoms. The summed E-state index contributed by atoms with van der Waals surface area (Å²) >= 11 is 0. The Hall–Kier alpha value is -2.79. The minimum absolute atomic E-state index is 0.209. The summed E-state index contributed by atoms with van der Waals surface area (Å²) in [6, 6.07) is 15.1. The van der Waals surface area contributed by atoms with Gasteiger partial charge in [0.2, 0.25) is 6.79 Å². The van der Waals surface area contributed by atoms with Crippen molar-refractivity contribution in [1.82, 2.24) is 0 Å². The van der Waals surface area contributed by atoms with E-state index in [1.807, 2.05) is 36.4 Å². The molecule has 1 aliphatic rings. The van der Waals surface area contributed by atoms with Gasteiger partial charge in [-0.1, -0.05) is 54.2 Å². The molecule has 0 aromatic heterocycles. The molecule has 5 heteroatoms. The fourth-order valence-corrected chi connectivity index (χ4v) is 2.43. The lowest BCUT2D eigenvalue weighted by Crippen LogP contribution is -2.09. The average Bonchev–Trinajstić information content (AvgIpc) is 3.09. The molecule has 0 amide bonds. The molecule has 2 aromatic rings. The Morgan fingerprint density at radius 3 is 2.79 bits per heavy atom. The Morgan fingerprint density at radius 2 is 2.00 bits per heavy atom. The second-order valence-corrected chi connectivity index (χ2v) is 5.32. The van der Waals surface area contributed by atoms with Crippen LogP contribution in [0.1, 0.15) is 23.7 Å². The van der Waals surface area contributed by atoms with Crippen LogP contribution in [0.25, 0.3) is 0 Å². The van der Waals surface area contributed by atoms with Gasteiger partial charge in [-0.25, -0.2) is 0 Å². The van der Waals surface area contributed by atoms with Gasteiger partial charge in [0.25, 0.3) is 0 Å². The topological polar surface area (TPSA) is 60.3 Å². The van der Waals surface area contributed by atoms with Crippen LogP contribution < -0.4 is 9.47 Å². The van der Waals surface area contributed by atoms with E-state index in [0.717, 1.165) is 11.1 Å². The molecule has 0 saturated heterocycles. The number of hydrogen-bond donors (Lipinski definition) is 1. The number of ether oxygens (including phenoxy) is 2. The predicted octanol–water partition coefficient (Wildman–Crippen LogP) is 3.45. The van der Waals surface area contributed by atoms with Crippen LogP contribution in [0.2, 0.25) is 0 Å². The number of aliphatic hydroxyl groups is 1. The van der Waals surface area contributed by atoms with Crippen molar-refractivity contribution in [2.45, 2.75) is 12.5 Å². The fraction of sp³-hybridized carbons (Fsp3) is 0.211. The zero-order chi connectivity index (χ0) is 16.8. The van der Waals surface area contributed by atoms with Gasteiger partial charge >= 0.3 is 0 Å². The lowest BCUT2D eigenvalue weighted by Gasteiger charge is -2.13. The number of aliphatic hydroxyl groups excluding tert-OH is 1. The highest BCUT2D eigenvalue weighted by atomic mass is 16.7. The number of oxime groups is 1. The van der Waals surface area contributed by atoms with E-state index in [-0.39, 0.29) is 6.79 Å². The molecule has 0 radical (unpaired) electrons. The lowest BCUT2D eigenvalue weighted by molar-refractivity contribution is 0.164. The van der Waals surface area contributed by atoms with Crippen molar-refractivity contribution in [2.75, 3.05) is 13.4 Å². The van der Waals surface area contributed by atoms with Crippen LogP contribution in [0.5, 0.6) is 11.5 Å². The molecule has 0 saturated carbocycles. The van der Waals surface area contributed by atoms with Crippen LogP contribution in [0.3, 0.4) is 0 Å². The van der Waals surface area contributed by atoms with E-state index in [1.165, 1.54) is 0 Å². The van der Waals surface area contributed by atoms with Gasteiger partial charge < -0.3 is 19.4 Å². The molecule has 5 nitrogen and oxygen atoms in total. The Morgan fingerprint density at radius 1 is 1.21 bits per heavy atom. The van der Waals surface area contributed by atoms with Crippen LogP contribution in [0.15, 0.2) is 66.3 Å². The SMILES string of the molecule is C=CCO/N=C(/CC(O)c1ccc2c(c1)OCO2)c1ccccc1. The molecule has 1 aliphatic heterocycles. The maximum absolute atomic E-state index is 10.6. The molecule has 1 heterocycles. The van der Waals surface area contributed by atoms with Gasteiger partial charge in [-0.2, -0.15) is 0 Å². The van der Waals surface area contributed by atoms with E-state index < -0.39 is 6.10 Å². The quantitative estimate of drug-likeness (QED) is 0.367. The molecule has 1 atom stereocenters. The Balaban J connectivity index is 1.78. The highest BCUT2D eigenvalue weighted by Crippen LogP contribution is 2.35. The molecule has 0 spiro atoms. The fourth-order valence-electron chi connectivity index (χ4n) is 2.43. The summed E-state index contributed by atoms with van der Waals surface area (Å²) in [5.41, 5.74) is 2.32. The summed E-state index contributed by atoms with van der Waals surface area (Å²) in [6.45, 7) is 4.13. The molecule has 2 aromatic carbocycles. The summed E-state index contributed by atoms with van der Waals surface area (Å²) < 4.78 is 10.7. The summed E-state index contributed by atoms with van der Waals surface area (Å²) in [5, 5.41) is 14.7. The van der Waals surface area contributed by atoms with Gasteiger partial charge in [-0.3, -0.25) is 0 Å². The normalized spacial score (nSPS) is 14.3. The monoisotopic (exact) mass is 325 g/mol. The number of hydrogen-bond acceptors (Lipinski definition) is 5. The summed E-state index contributed by atoms with van der Waals surface area (Å²) in [7, 11) is 0. The van der Waals surface area contributed by atoms with E-state index in [4.69, 9.17) is 14.3 Å². The highest BCUT2D eigenvalue weighted by Gasteiger charge is 2.19. The van der Waals surface area contributed by atoms with Gasteiger partial charge in [0.05, 0.1) is 11.8 Å². The number of nitrogens with zero attached hydrogens (tertiary/aromatic N) is 1. The summed E-state index contributed by atoms with van der Waals surface area (Å²) in [5.74, 6) is 1.34. The third-order valence-corrected chi connectivity index (χ3v) is 3.64. The van der Waals surface area contributed by atoms with Gasteiger partial charge in [-0.05, 0) is 23.3 Å². The molecular formula is C19H19NO4. The zero-order valence-electron chi connectivity index (χ0n) is 13.2. The third kappa shape index (κ3) is 3.75. The van der Waals surface area contributed by atoms with Crippen molar-refractivity contribution >= 4 is 5.71 Å². The first-order valence-electron chi connectivity index (χ1n) is 7.70. The minimum atomic E-state index is -0.731. The zero-order valence-corrected chi connectivity index (χ0v) is 13.2. The second-order valence-electron chi connectivity index (χ2n) is 5.32. The first-order valence-corrected chi connectivity index (χ1v) is 7.70. The predicted molar refractivity (Wildman–Crippen MR) is 91.3 cm³/mol. The van der Waals surface area contributed by atoms with E-state index in [1.54, 1.807) is 18.2 Å². The number of fused-ring (bicyclic) bond motifs is 1. The van der Waals surface area contributed by atoms with Crippen molar-refractivity contribution in [3.05, 3.63) is 72.3 Å². The summed E-state index contributed by atoms with van der Waals surface area (Å²) in [4.78, 5) is 5.22. The molecular weight excluding hydrogens is 306 g/mol. The van der Waals surface area contributed by atoms with Crippen LogP contribution in [0.4, 0.5) is 0 Å². The largest absolute Gasteiger partial charge is 0.454 e. The smallest absolute Gasteiger partial charge is 0.231 e. The Labute approximate surface area is 140 Å². The highest BCUT2D eigenvalue weighted by molar-refractivity contribution is 6.00. The molecule has 0 bridgehead atoms. The minimum Gasteiger partial charge on any atom is -0.454 e.